The minimum absolute atomic E-state index is 0.0279. The Morgan fingerprint density at radius 3 is 2.84 bits per heavy atom. The maximum Gasteiger partial charge on any atom is 0.252 e. The van der Waals surface area contributed by atoms with Gasteiger partial charge in [-0.3, -0.25) is 4.79 Å². The number of benzene rings is 1. The molecule has 0 bridgehead atoms. The van der Waals surface area contributed by atoms with Crippen LogP contribution in [0.4, 0.5) is 0 Å². The lowest BCUT2D eigenvalue weighted by Gasteiger charge is -2.10. The van der Waals surface area contributed by atoms with Crippen LogP contribution in [0.15, 0.2) is 36.7 Å². The first-order chi connectivity index (χ1) is 12.1. The van der Waals surface area contributed by atoms with Crippen LogP contribution < -0.4 is 5.32 Å². The standard InChI is InChI=1S/C19H19N5O/c1-14-17(15(2)24-19(23-14)21-13-22-24)10-11-18(25)20-12-6-9-16-7-4-3-5-8-16/h3-5,7-8,13H,10-12H2,1-2H3,(H,20,25). The Kier molecular flexibility index (Phi) is 5.05. The molecule has 1 aromatic carbocycles. The number of nitrogens with one attached hydrogen (secondary N) is 1. The predicted molar refractivity (Wildman–Crippen MR) is 94.9 cm³/mol. The van der Waals surface area contributed by atoms with Crippen LogP contribution in [0.5, 0.6) is 0 Å². The first kappa shape index (κ1) is 16.7. The molecule has 0 saturated carbocycles. The number of nitrogens with zero attached hydrogens (tertiary/aromatic N) is 4. The Morgan fingerprint density at radius 2 is 2.04 bits per heavy atom. The van der Waals surface area contributed by atoms with E-state index in [0.717, 1.165) is 22.5 Å². The summed E-state index contributed by atoms with van der Waals surface area (Å²) in [6.45, 7) is 4.24. The SMILES string of the molecule is Cc1nc2ncnn2c(C)c1CCC(=O)NCC#Cc1ccccc1. The number of hydrogen-bond donors (Lipinski definition) is 1. The maximum absolute atomic E-state index is 12.0. The summed E-state index contributed by atoms with van der Waals surface area (Å²) in [6.07, 6.45) is 2.48. The first-order valence-electron chi connectivity index (χ1n) is 8.11. The third kappa shape index (κ3) is 4.01. The Morgan fingerprint density at radius 1 is 1.24 bits per heavy atom. The second-order valence-corrected chi connectivity index (χ2v) is 5.68. The summed E-state index contributed by atoms with van der Waals surface area (Å²) in [5.41, 5.74) is 3.82. The van der Waals surface area contributed by atoms with Gasteiger partial charge in [0.25, 0.3) is 5.78 Å². The van der Waals surface area contributed by atoms with E-state index in [0.29, 0.717) is 25.2 Å². The van der Waals surface area contributed by atoms with Gasteiger partial charge in [-0.25, -0.2) is 9.50 Å². The number of carbonyl (C=O) groups excluding carboxylic acids is 1. The van der Waals surface area contributed by atoms with E-state index in [4.69, 9.17) is 0 Å². The van der Waals surface area contributed by atoms with Crippen LogP contribution in [0.2, 0.25) is 0 Å². The summed E-state index contributed by atoms with van der Waals surface area (Å²) in [7, 11) is 0. The molecule has 126 valence electrons. The fourth-order valence-electron chi connectivity index (χ4n) is 2.65. The number of amides is 1. The van der Waals surface area contributed by atoms with Crippen molar-refractivity contribution in [2.75, 3.05) is 6.54 Å². The van der Waals surface area contributed by atoms with Crippen LogP contribution in [0.3, 0.4) is 0 Å². The van der Waals surface area contributed by atoms with Crippen molar-refractivity contribution in [2.45, 2.75) is 26.7 Å². The molecule has 0 fully saturated rings. The van der Waals surface area contributed by atoms with E-state index >= 15 is 0 Å². The third-order valence-corrected chi connectivity index (χ3v) is 3.97. The number of fused-ring (bicyclic) bond motifs is 1. The highest BCUT2D eigenvalue weighted by Gasteiger charge is 2.12. The Balaban J connectivity index is 1.55. The van der Waals surface area contributed by atoms with Gasteiger partial charge >= 0.3 is 0 Å². The summed E-state index contributed by atoms with van der Waals surface area (Å²) in [4.78, 5) is 20.5. The average Bonchev–Trinajstić information content (AvgIpc) is 3.08. The topological polar surface area (TPSA) is 72.2 Å². The average molecular weight is 333 g/mol. The van der Waals surface area contributed by atoms with Gasteiger partial charge in [-0.2, -0.15) is 10.1 Å². The number of hydrogen-bond acceptors (Lipinski definition) is 4. The molecule has 3 rings (SSSR count). The summed E-state index contributed by atoms with van der Waals surface area (Å²) in [5.74, 6) is 6.53. The summed E-state index contributed by atoms with van der Waals surface area (Å²) >= 11 is 0. The largest absolute Gasteiger partial charge is 0.345 e. The fourth-order valence-corrected chi connectivity index (χ4v) is 2.65. The molecule has 0 aliphatic carbocycles. The van der Waals surface area contributed by atoms with Crippen molar-refractivity contribution >= 4 is 11.7 Å². The predicted octanol–water partition coefficient (Wildman–Crippen LogP) is 1.84. The zero-order valence-electron chi connectivity index (χ0n) is 14.3. The quantitative estimate of drug-likeness (QED) is 0.740. The fraction of sp³-hybridized carbons (Fsp3) is 0.263. The molecular formula is C19H19N5O. The number of carbonyl (C=O) groups is 1. The Bertz CT molecular complexity index is 950. The van der Waals surface area contributed by atoms with Crippen molar-refractivity contribution in [1.29, 1.82) is 0 Å². The highest BCUT2D eigenvalue weighted by Crippen LogP contribution is 2.14. The summed E-state index contributed by atoms with van der Waals surface area (Å²) < 4.78 is 1.70. The molecule has 1 amide bonds. The minimum Gasteiger partial charge on any atom is -0.345 e. The van der Waals surface area contributed by atoms with Crippen LogP contribution in [-0.4, -0.2) is 32.0 Å². The van der Waals surface area contributed by atoms with Gasteiger partial charge in [-0.15, -0.1) is 0 Å². The van der Waals surface area contributed by atoms with Gasteiger partial charge in [0, 0.05) is 23.4 Å². The second-order valence-electron chi connectivity index (χ2n) is 5.68. The molecule has 0 aliphatic heterocycles. The zero-order valence-corrected chi connectivity index (χ0v) is 14.3. The maximum atomic E-state index is 12.0. The lowest BCUT2D eigenvalue weighted by molar-refractivity contribution is -0.120. The van der Waals surface area contributed by atoms with E-state index in [-0.39, 0.29) is 5.91 Å². The molecule has 1 N–H and O–H groups in total. The Hall–Kier alpha value is -3.20. The van der Waals surface area contributed by atoms with Crippen LogP contribution in [0.25, 0.3) is 5.78 Å². The minimum atomic E-state index is -0.0279. The molecule has 0 radical (unpaired) electrons. The molecule has 25 heavy (non-hydrogen) atoms. The highest BCUT2D eigenvalue weighted by molar-refractivity contribution is 5.76. The van der Waals surface area contributed by atoms with E-state index < -0.39 is 0 Å². The normalized spacial score (nSPS) is 10.3. The van der Waals surface area contributed by atoms with E-state index in [1.807, 2.05) is 44.2 Å². The molecule has 3 aromatic rings. The molecule has 0 atom stereocenters. The van der Waals surface area contributed by atoms with Crippen LogP contribution in [0, 0.1) is 25.7 Å². The van der Waals surface area contributed by atoms with Gasteiger partial charge in [-0.05, 0) is 38.0 Å². The van der Waals surface area contributed by atoms with Crippen LogP contribution >= 0.6 is 0 Å². The summed E-state index contributed by atoms with van der Waals surface area (Å²) in [5, 5.41) is 6.99. The zero-order chi connectivity index (χ0) is 17.6. The molecule has 6 heteroatoms. The lowest BCUT2D eigenvalue weighted by Crippen LogP contribution is -2.24. The van der Waals surface area contributed by atoms with Crippen molar-refractivity contribution in [3.05, 3.63) is 59.2 Å². The second kappa shape index (κ2) is 7.58. The highest BCUT2D eigenvalue weighted by atomic mass is 16.1. The summed E-state index contributed by atoms with van der Waals surface area (Å²) in [6, 6.07) is 9.70. The third-order valence-electron chi connectivity index (χ3n) is 3.97. The van der Waals surface area contributed by atoms with Gasteiger partial charge < -0.3 is 5.32 Å². The van der Waals surface area contributed by atoms with E-state index in [1.165, 1.54) is 6.33 Å². The van der Waals surface area contributed by atoms with Gasteiger partial charge in [0.1, 0.15) is 6.33 Å². The van der Waals surface area contributed by atoms with Crippen molar-refractivity contribution in [3.8, 4) is 11.8 Å². The van der Waals surface area contributed by atoms with Crippen LogP contribution in [0.1, 0.15) is 28.9 Å². The first-order valence-corrected chi connectivity index (χ1v) is 8.11. The number of aromatic nitrogens is 4. The number of aryl methyl sites for hydroxylation is 2. The number of rotatable bonds is 4. The molecule has 0 unspecified atom stereocenters. The van der Waals surface area contributed by atoms with Gasteiger partial charge in [0.15, 0.2) is 0 Å². The van der Waals surface area contributed by atoms with E-state index in [9.17, 15) is 4.79 Å². The lowest BCUT2D eigenvalue weighted by atomic mass is 10.1. The molecule has 2 aromatic heterocycles. The van der Waals surface area contributed by atoms with Crippen molar-refractivity contribution in [2.24, 2.45) is 0 Å². The van der Waals surface area contributed by atoms with E-state index in [1.54, 1.807) is 4.52 Å². The molecule has 0 aliphatic rings. The van der Waals surface area contributed by atoms with Crippen LogP contribution in [-0.2, 0) is 11.2 Å². The van der Waals surface area contributed by atoms with Crippen molar-refractivity contribution < 1.29 is 4.79 Å². The Labute approximate surface area is 146 Å². The van der Waals surface area contributed by atoms with E-state index in [2.05, 4.69) is 32.2 Å². The van der Waals surface area contributed by atoms with Gasteiger partial charge in [-0.1, -0.05) is 30.0 Å². The van der Waals surface area contributed by atoms with Gasteiger partial charge in [0.05, 0.1) is 6.54 Å². The molecule has 0 saturated heterocycles. The molecule has 2 heterocycles. The monoisotopic (exact) mass is 333 g/mol. The molecule has 6 nitrogen and oxygen atoms in total. The van der Waals surface area contributed by atoms with Gasteiger partial charge in [0.2, 0.25) is 5.91 Å². The van der Waals surface area contributed by atoms with Crippen molar-refractivity contribution in [1.82, 2.24) is 24.9 Å². The van der Waals surface area contributed by atoms with Crippen molar-refractivity contribution in [3.63, 3.8) is 0 Å². The smallest absolute Gasteiger partial charge is 0.252 e. The molecule has 0 spiro atoms. The molecular weight excluding hydrogens is 314 g/mol.